The molecule has 1 unspecified atom stereocenters. The highest BCUT2D eigenvalue weighted by Gasteiger charge is 2.48. The number of fused-ring (bicyclic) bond motifs is 2. The predicted octanol–water partition coefficient (Wildman–Crippen LogP) is -0.0832. The lowest BCUT2D eigenvalue weighted by atomic mass is 9.90. The van der Waals surface area contributed by atoms with Crippen molar-refractivity contribution in [2.75, 3.05) is 13.2 Å². The van der Waals surface area contributed by atoms with Crippen molar-refractivity contribution < 1.29 is 29.5 Å². The average Bonchev–Trinajstić information content (AvgIpc) is 2.75. The van der Waals surface area contributed by atoms with E-state index in [4.69, 9.17) is 19.3 Å². The number of aliphatic hydroxyl groups is 3. The van der Waals surface area contributed by atoms with Crippen LogP contribution in [0.15, 0.2) is 24.3 Å². The van der Waals surface area contributed by atoms with Gasteiger partial charge in [0.25, 0.3) is 0 Å². The van der Waals surface area contributed by atoms with E-state index in [2.05, 4.69) is 0 Å². The van der Waals surface area contributed by atoms with Crippen LogP contribution in [0.1, 0.15) is 19.3 Å². The molecule has 22 heavy (non-hydrogen) atoms. The first-order valence-electron chi connectivity index (χ1n) is 7.93. The lowest BCUT2D eigenvalue weighted by Crippen LogP contribution is -2.60. The van der Waals surface area contributed by atoms with Gasteiger partial charge in [-0.15, -0.1) is 0 Å². The second-order valence-electron chi connectivity index (χ2n) is 6.05. The fraction of sp³-hybridized carbons (Fsp3) is 0.750. The Balaban J connectivity index is 1.69. The zero-order valence-corrected chi connectivity index (χ0v) is 12.5. The summed E-state index contributed by atoms with van der Waals surface area (Å²) in [4.78, 5) is 0. The first kappa shape index (κ1) is 16.1. The van der Waals surface area contributed by atoms with E-state index in [0.717, 1.165) is 12.8 Å². The second kappa shape index (κ2) is 7.21. The molecule has 0 aromatic carbocycles. The summed E-state index contributed by atoms with van der Waals surface area (Å²) in [5.41, 5.74) is 0. The van der Waals surface area contributed by atoms with Crippen LogP contribution < -0.4 is 0 Å². The summed E-state index contributed by atoms with van der Waals surface area (Å²) in [7, 11) is 0. The normalized spacial score (nSPS) is 43.4. The maximum absolute atomic E-state index is 10.6. The first-order valence-corrected chi connectivity index (χ1v) is 7.93. The van der Waals surface area contributed by atoms with Gasteiger partial charge in [0.05, 0.1) is 31.0 Å². The molecule has 3 N–H and O–H groups in total. The monoisotopic (exact) mass is 312 g/mol. The minimum Gasteiger partial charge on any atom is -0.393 e. The van der Waals surface area contributed by atoms with Crippen LogP contribution in [0.4, 0.5) is 0 Å². The van der Waals surface area contributed by atoms with Gasteiger partial charge in [-0.3, -0.25) is 0 Å². The minimum atomic E-state index is -0.908. The fourth-order valence-electron chi connectivity index (χ4n) is 3.29. The molecule has 0 aliphatic carbocycles. The van der Waals surface area contributed by atoms with E-state index in [-0.39, 0.29) is 31.0 Å². The molecule has 124 valence electrons. The molecule has 0 aromatic heterocycles. The molecule has 6 nitrogen and oxygen atoms in total. The van der Waals surface area contributed by atoms with Gasteiger partial charge in [-0.2, -0.15) is 0 Å². The molecule has 0 saturated carbocycles. The van der Waals surface area contributed by atoms with Crippen molar-refractivity contribution in [3.8, 4) is 0 Å². The average molecular weight is 312 g/mol. The molecule has 3 aliphatic heterocycles. The fourth-order valence-corrected chi connectivity index (χ4v) is 3.29. The summed E-state index contributed by atoms with van der Waals surface area (Å²) in [5, 5.41) is 28.8. The SMILES string of the molecule is OCC(O)/C=C/[C@H]1C=CC[C@@H]2O[C@@H]3CCCO[C@H]3[C@H](O)[C@H]2O1. The van der Waals surface area contributed by atoms with Gasteiger partial charge in [-0.05, 0) is 19.3 Å². The van der Waals surface area contributed by atoms with Gasteiger partial charge >= 0.3 is 0 Å². The molecule has 3 aliphatic rings. The summed E-state index contributed by atoms with van der Waals surface area (Å²) in [5.74, 6) is 0. The van der Waals surface area contributed by atoms with Gasteiger partial charge in [-0.1, -0.05) is 24.3 Å². The van der Waals surface area contributed by atoms with Crippen LogP contribution in [0.2, 0.25) is 0 Å². The van der Waals surface area contributed by atoms with Crippen LogP contribution in [0.25, 0.3) is 0 Å². The molecule has 3 rings (SSSR count). The molecule has 7 atom stereocenters. The molecule has 0 radical (unpaired) electrons. The van der Waals surface area contributed by atoms with Crippen LogP contribution in [0, 0.1) is 0 Å². The highest BCUT2D eigenvalue weighted by atomic mass is 16.6. The summed E-state index contributed by atoms with van der Waals surface area (Å²) in [6.45, 7) is 0.311. The standard InChI is InChI=1S/C16H24O6/c17-9-10(18)6-7-11-3-1-4-13-16(21-11)14(19)15-12(22-13)5-2-8-20-15/h1,3,6-7,10-19H,2,4-5,8-9H2/b7-6+/t10?,11-,12-,13+,14+,15-,16+/m1/s1. The Kier molecular flexibility index (Phi) is 5.28. The molecular formula is C16H24O6. The van der Waals surface area contributed by atoms with E-state index >= 15 is 0 Å². The van der Waals surface area contributed by atoms with E-state index in [1.807, 2.05) is 12.2 Å². The topological polar surface area (TPSA) is 88.4 Å². The molecule has 2 fully saturated rings. The second-order valence-corrected chi connectivity index (χ2v) is 6.05. The maximum atomic E-state index is 10.6. The summed E-state index contributed by atoms with van der Waals surface area (Å²) >= 11 is 0. The zero-order chi connectivity index (χ0) is 15.5. The van der Waals surface area contributed by atoms with Gasteiger partial charge < -0.3 is 29.5 Å². The van der Waals surface area contributed by atoms with E-state index in [1.54, 1.807) is 6.08 Å². The summed E-state index contributed by atoms with van der Waals surface area (Å²) < 4.78 is 17.7. The lowest BCUT2D eigenvalue weighted by Gasteiger charge is -2.46. The Hall–Kier alpha value is -0.760. The Labute approximate surface area is 130 Å². The third kappa shape index (κ3) is 3.42. The zero-order valence-electron chi connectivity index (χ0n) is 12.5. The molecule has 0 amide bonds. The predicted molar refractivity (Wildman–Crippen MR) is 78.3 cm³/mol. The van der Waals surface area contributed by atoms with E-state index in [1.165, 1.54) is 6.08 Å². The Morgan fingerprint density at radius 1 is 1.23 bits per heavy atom. The van der Waals surface area contributed by atoms with Crippen molar-refractivity contribution in [3.63, 3.8) is 0 Å². The van der Waals surface area contributed by atoms with Crippen molar-refractivity contribution in [1.29, 1.82) is 0 Å². The first-order chi connectivity index (χ1) is 10.7. The maximum Gasteiger partial charge on any atom is 0.114 e. The quantitative estimate of drug-likeness (QED) is 0.632. The third-order valence-electron chi connectivity index (χ3n) is 4.42. The molecular weight excluding hydrogens is 288 g/mol. The molecule has 0 bridgehead atoms. The van der Waals surface area contributed by atoms with Gasteiger partial charge in [0.2, 0.25) is 0 Å². The number of hydrogen-bond acceptors (Lipinski definition) is 6. The Morgan fingerprint density at radius 2 is 2.09 bits per heavy atom. The van der Waals surface area contributed by atoms with Crippen LogP contribution in [0.3, 0.4) is 0 Å². The van der Waals surface area contributed by atoms with Crippen LogP contribution in [0.5, 0.6) is 0 Å². The van der Waals surface area contributed by atoms with Gasteiger partial charge in [0.15, 0.2) is 0 Å². The number of ether oxygens (including phenoxy) is 3. The largest absolute Gasteiger partial charge is 0.393 e. The Bertz CT molecular complexity index is 423. The van der Waals surface area contributed by atoms with Gasteiger partial charge in [0, 0.05) is 6.61 Å². The molecule has 0 aromatic rings. The van der Waals surface area contributed by atoms with Gasteiger partial charge in [0.1, 0.15) is 18.3 Å². The minimum absolute atomic E-state index is 0.0645. The highest BCUT2D eigenvalue weighted by molar-refractivity contribution is 5.10. The smallest absolute Gasteiger partial charge is 0.114 e. The molecule has 3 heterocycles. The Morgan fingerprint density at radius 3 is 2.91 bits per heavy atom. The van der Waals surface area contributed by atoms with Crippen LogP contribution >= 0.6 is 0 Å². The lowest BCUT2D eigenvalue weighted by molar-refractivity contribution is -0.259. The number of hydrogen-bond donors (Lipinski definition) is 3. The number of aliphatic hydroxyl groups excluding tert-OH is 3. The number of rotatable bonds is 3. The third-order valence-corrected chi connectivity index (χ3v) is 4.42. The van der Waals surface area contributed by atoms with E-state index in [0.29, 0.717) is 13.0 Å². The van der Waals surface area contributed by atoms with Crippen molar-refractivity contribution in [1.82, 2.24) is 0 Å². The highest BCUT2D eigenvalue weighted by Crippen LogP contribution is 2.34. The van der Waals surface area contributed by atoms with Crippen LogP contribution in [-0.4, -0.2) is 71.3 Å². The van der Waals surface area contributed by atoms with Crippen molar-refractivity contribution in [2.24, 2.45) is 0 Å². The molecule has 6 heteroatoms. The van der Waals surface area contributed by atoms with Crippen molar-refractivity contribution in [3.05, 3.63) is 24.3 Å². The summed E-state index contributed by atoms with van der Waals surface area (Å²) in [6.07, 6.45) is 6.51. The molecule has 2 saturated heterocycles. The van der Waals surface area contributed by atoms with E-state index in [9.17, 15) is 10.2 Å². The van der Waals surface area contributed by atoms with Crippen molar-refractivity contribution in [2.45, 2.75) is 62.0 Å². The molecule has 0 spiro atoms. The van der Waals surface area contributed by atoms with Gasteiger partial charge in [-0.25, -0.2) is 0 Å². The van der Waals surface area contributed by atoms with Crippen LogP contribution in [-0.2, 0) is 14.2 Å². The van der Waals surface area contributed by atoms with E-state index < -0.39 is 18.3 Å². The summed E-state index contributed by atoms with van der Waals surface area (Å²) in [6, 6.07) is 0. The van der Waals surface area contributed by atoms with Crippen molar-refractivity contribution >= 4 is 0 Å².